The largest absolute Gasteiger partial charge is 0.260 e. The molecule has 3 aromatic carbocycles. The van der Waals surface area contributed by atoms with Gasteiger partial charge in [0, 0.05) is 23.4 Å². The first-order chi connectivity index (χ1) is 20.5. The van der Waals surface area contributed by atoms with Crippen molar-refractivity contribution in [2.24, 2.45) is 0 Å². The Bertz CT molecular complexity index is 1600. The maximum Gasteiger partial charge on any atom is 0.0705 e. The van der Waals surface area contributed by atoms with E-state index in [1.807, 2.05) is 24.5 Å². The van der Waals surface area contributed by atoms with Gasteiger partial charge in [0.1, 0.15) is 0 Å². The molecule has 3 heterocycles. The van der Waals surface area contributed by atoms with E-state index in [9.17, 15) is 0 Å². The number of rotatable bonds is 9. The van der Waals surface area contributed by atoms with E-state index >= 15 is 0 Å². The van der Waals surface area contributed by atoms with Gasteiger partial charge in [-0.2, -0.15) is 0 Å². The average Bonchev–Trinajstić information content (AvgIpc) is 3.06. The molecule has 206 valence electrons. The normalized spacial score (nSPS) is 14.0. The molecule has 3 heteroatoms. The van der Waals surface area contributed by atoms with Gasteiger partial charge < -0.3 is 0 Å². The lowest BCUT2D eigenvalue weighted by atomic mass is 9.74. The number of aromatic nitrogens is 3. The fraction of sp³-hybridized carbons (Fsp3) is 0.154. The van der Waals surface area contributed by atoms with Gasteiger partial charge in [0.05, 0.1) is 28.2 Å². The molecule has 2 atom stereocenters. The molecule has 2 unspecified atom stereocenters. The highest BCUT2D eigenvalue weighted by Gasteiger charge is 2.33. The van der Waals surface area contributed by atoms with Gasteiger partial charge in [0.15, 0.2) is 0 Å². The van der Waals surface area contributed by atoms with Crippen LogP contribution < -0.4 is 0 Å². The molecule has 0 N–H and O–H groups in total. The second-order valence-electron chi connectivity index (χ2n) is 11.4. The first-order valence-corrected chi connectivity index (χ1v) is 14.5. The molecule has 0 fully saturated rings. The van der Waals surface area contributed by atoms with Crippen molar-refractivity contribution in [3.8, 4) is 11.3 Å². The SMILES string of the molecule is CC(Cc1ccccc1)(c1cccc(-c2cccc(C(C)(Cc3ccccc3)c3ccccn3)n2)c1)c1ccccn1. The monoisotopic (exact) mass is 545 g/mol. The molecule has 0 aliphatic rings. The van der Waals surface area contributed by atoms with Crippen molar-refractivity contribution in [2.45, 2.75) is 37.5 Å². The van der Waals surface area contributed by atoms with E-state index < -0.39 is 5.41 Å². The van der Waals surface area contributed by atoms with Gasteiger partial charge in [-0.1, -0.05) is 97.1 Å². The van der Waals surface area contributed by atoms with Crippen LogP contribution in [0.15, 0.2) is 152 Å². The molecule has 0 radical (unpaired) electrons. The molecule has 0 aliphatic heterocycles. The number of nitrogens with zero attached hydrogens (tertiary/aromatic N) is 3. The molecule has 6 rings (SSSR count). The van der Waals surface area contributed by atoms with Gasteiger partial charge in [-0.25, -0.2) is 0 Å². The molecule has 0 bridgehead atoms. The number of pyridine rings is 3. The first kappa shape index (κ1) is 27.3. The van der Waals surface area contributed by atoms with Crippen LogP contribution in [-0.4, -0.2) is 15.0 Å². The van der Waals surface area contributed by atoms with E-state index in [2.05, 4.69) is 141 Å². The molecule has 0 amide bonds. The van der Waals surface area contributed by atoms with Gasteiger partial charge >= 0.3 is 0 Å². The lowest BCUT2D eigenvalue weighted by molar-refractivity contribution is 0.532. The summed E-state index contributed by atoms with van der Waals surface area (Å²) in [6.45, 7) is 4.55. The quantitative estimate of drug-likeness (QED) is 0.182. The molecule has 42 heavy (non-hydrogen) atoms. The molecule has 0 aliphatic carbocycles. The maximum absolute atomic E-state index is 5.31. The summed E-state index contributed by atoms with van der Waals surface area (Å²) in [6.07, 6.45) is 5.41. The van der Waals surface area contributed by atoms with Crippen molar-refractivity contribution < 1.29 is 0 Å². The van der Waals surface area contributed by atoms with Crippen LogP contribution in [0.25, 0.3) is 11.3 Å². The minimum absolute atomic E-state index is 0.313. The van der Waals surface area contributed by atoms with Crippen LogP contribution in [0.1, 0.15) is 47.6 Å². The Kier molecular flexibility index (Phi) is 7.74. The van der Waals surface area contributed by atoms with Crippen LogP contribution >= 0.6 is 0 Å². The minimum Gasteiger partial charge on any atom is -0.260 e. The molecular weight excluding hydrogens is 510 g/mol. The molecule has 0 saturated heterocycles. The van der Waals surface area contributed by atoms with E-state index in [1.165, 1.54) is 16.7 Å². The van der Waals surface area contributed by atoms with Crippen molar-refractivity contribution in [2.75, 3.05) is 0 Å². The number of hydrogen-bond donors (Lipinski definition) is 0. The van der Waals surface area contributed by atoms with Crippen molar-refractivity contribution in [3.05, 3.63) is 186 Å². The molecular formula is C39H35N3. The molecule has 0 saturated carbocycles. The zero-order valence-corrected chi connectivity index (χ0v) is 24.2. The van der Waals surface area contributed by atoms with E-state index in [1.54, 1.807) is 0 Å². The van der Waals surface area contributed by atoms with Crippen LogP contribution in [0.5, 0.6) is 0 Å². The first-order valence-electron chi connectivity index (χ1n) is 14.5. The molecule has 6 aromatic rings. The smallest absolute Gasteiger partial charge is 0.0705 e. The van der Waals surface area contributed by atoms with Gasteiger partial charge in [-0.15, -0.1) is 0 Å². The van der Waals surface area contributed by atoms with Gasteiger partial charge in [0.25, 0.3) is 0 Å². The fourth-order valence-corrected chi connectivity index (χ4v) is 5.96. The molecule has 3 aromatic heterocycles. The average molecular weight is 546 g/mol. The van der Waals surface area contributed by atoms with Crippen LogP contribution in [-0.2, 0) is 23.7 Å². The highest BCUT2D eigenvalue weighted by Crippen LogP contribution is 2.38. The second kappa shape index (κ2) is 11.9. The van der Waals surface area contributed by atoms with Crippen molar-refractivity contribution >= 4 is 0 Å². The Balaban J connectivity index is 1.42. The lowest BCUT2D eigenvalue weighted by Crippen LogP contribution is -2.29. The third kappa shape index (κ3) is 5.64. The second-order valence-corrected chi connectivity index (χ2v) is 11.4. The Morgan fingerprint density at radius 3 is 1.60 bits per heavy atom. The standard InChI is InChI=1S/C39H35N3/c1-38(35-22-9-11-25-40-35,28-30-15-5-3-6-16-30)33-20-13-19-32(27-33)34-21-14-24-37(42-34)39(2,36-23-10-12-26-41-36)29-31-17-7-4-8-18-31/h3-27H,28-29H2,1-2H3. The summed E-state index contributed by atoms with van der Waals surface area (Å²) in [5.74, 6) is 0. The zero-order valence-electron chi connectivity index (χ0n) is 24.2. The van der Waals surface area contributed by atoms with Crippen LogP contribution in [0.3, 0.4) is 0 Å². The Hall–Kier alpha value is -4.89. The number of benzene rings is 3. The maximum atomic E-state index is 5.31. The third-order valence-corrected chi connectivity index (χ3v) is 8.37. The summed E-state index contributed by atoms with van der Waals surface area (Å²) in [5, 5.41) is 0. The Labute approximate surface area is 249 Å². The lowest BCUT2D eigenvalue weighted by Gasteiger charge is -2.31. The Morgan fingerprint density at radius 2 is 1.00 bits per heavy atom. The van der Waals surface area contributed by atoms with Crippen molar-refractivity contribution in [3.63, 3.8) is 0 Å². The van der Waals surface area contributed by atoms with Gasteiger partial charge in [0.2, 0.25) is 0 Å². The Morgan fingerprint density at radius 1 is 0.476 bits per heavy atom. The molecule has 3 nitrogen and oxygen atoms in total. The zero-order chi connectivity index (χ0) is 28.8. The minimum atomic E-state index is -0.397. The van der Waals surface area contributed by atoms with Crippen molar-refractivity contribution in [1.82, 2.24) is 15.0 Å². The van der Waals surface area contributed by atoms with Crippen LogP contribution in [0.4, 0.5) is 0 Å². The van der Waals surface area contributed by atoms with E-state index in [-0.39, 0.29) is 5.41 Å². The number of hydrogen-bond acceptors (Lipinski definition) is 3. The predicted molar refractivity (Wildman–Crippen MR) is 171 cm³/mol. The summed E-state index contributed by atoms with van der Waals surface area (Å²) >= 11 is 0. The van der Waals surface area contributed by atoms with Gasteiger partial charge in [-0.05, 0) is 85.8 Å². The summed E-state index contributed by atoms with van der Waals surface area (Å²) in [4.78, 5) is 14.9. The van der Waals surface area contributed by atoms with Crippen LogP contribution in [0.2, 0.25) is 0 Å². The highest BCUT2D eigenvalue weighted by molar-refractivity contribution is 5.62. The third-order valence-electron chi connectivity index (χ3n) is 8.37. The summed E-state index contributed by atoms with van der Waals surface area (Å²) < 4.78 is 0. The molecule has 0 spiro atoms. The van der Waals surface area contributed by atoms with E-state index in [0.717, 1.165) is 41.2 Å². The topological polar surface area (TPSA) is 38.7 Å². The van der Waals surface area contributed by atoms with Crippen molar-refractivity contribution in [1.29, 1.82) is 0 Å². The summed E-state index contributed by atoms with van der Waals surface area (Å²) in [5.41, 5.74) is 8.15. The van der Waals surface area contributed by atoms with E-state index in [0.29, 0.717) is 0 Å². The predicted octanol–water partition coefficient (Wildman–Crippen LogP) is 8.64. The summed E-state index contributed by atoms with van der Waals surface area (Å²) in [7, 11) is 0. The van der Waals surface area contributed by atoms with E-state index in [4.69, 9.17) is 15.0 Å². The fourth-order valence-electron chi connectivity index (χ4n) is 5.96. The summed E-state index contributed by atoms with van der Waals surface area (Å²) in [6, 6.07) is 48.8. The van der Waals surface area contributed by atoms with Crippen LogP contribution in [0, 0.1) is 0 Å². The highest BCUT2D eigenvalue weighted by atomic mass is 14.8. The van der Waals surface area contributed by atoms with Gasteiger partial charge in [-0.3, -0.25) is 15.0 Å².